The Kier molecular flexibility index (Phi) is 10.7. The molecule has 0 bridgehead atoms. The third kappa shape index (κ3) is 7.22. The Hall–Kier alpha value is -10.8. The van der Waals surface area contributed by atoms with Crippen molar-refractivity contribution >= 4 is 43.6 Å². The minimum Gasteiger partial charge on any atom is -0.308 e. The Bertz CT molecular complexity index is 4080. The van der Waals surface area contributed by atoms with Crippen LogP contribution in [0.25, 0.3) is 111 Å². The molecule has 0 N–H and O–H groups in total. The monoisotopic (exact) mass is 942 g/mol. The van der Waals surface area contributed by atoms with Crippen molar-refractivity contribution in [3.63, 3.8) is 0 Å². The molecule has 3 heterocycles. The second kappa shape index (κ2) is 17.9. The number of nitrogens with zero attached hydrogens (tertiary/aromatic N) is 8. The molecule has 0 spiro atoms. The highest BCUT2D eigenvalue weighted by atomic mass is 15.0. The van der Waals surface area contributed by atoms with Gasteiger partial charge in [0.2, 0.25) is 0 Å². The van der Waals surface area contributed by atoms with Gasteiger partial charge in [0.25, 0.3) is 0 Å². The number of nitriles is 5. The molecular formula is C66H38N8. The van der Waals surface area contributed by atoms with E-state index in [0.29, 0.717) is 39.2 Å². The van der Waals surface area contributed by atoms with Crippen LogP contribution in [0.15, 0.2) is 194 Å². The summed E-state index contributed by atoms with van der Waals surface area (Å²) in [6, 6.07) is 75.6. The lowest BCUT2D eigenvalue weighted by atomic mass is 9.98. The van der Waals surface area contributed by atoms with Crippen molar-refractivity contribution in [2.45, 2.75) is 13.8 Å². The van der Waals surface area contributed by atoms with Crippen LogP contribution < -0.4 is 0 Å². The maximum atomic E-state index is 12.0. The van der Waals surface area contributed by atoms with Gasteiger partial charge in [0.1, 0.15) is 11.6 Å². The smallest absolute Gasteiger partial charge is 0.104 e. The molecule has 0 atom stereocenters. The van der Waals surface area contributed by atoms with E-state index in [9.17, 15) is 26.3 Å². The summed E-state index contributed by atoms with van der Waals surface area (Å²) < 4.78 is 4.32. The predicted molar refractivity (Wildman–Crippen MR) is 293 cm³/mol. The largest absolute Gasteiger partial charge is 0.308 e. The van der Waals surface area contributed by atoms with E-state index in [4.69, 9.17) is 4.98 Å². The van der Waals surface area contributed by atoms with Crippen molar-refractivity contribution in [2.75, 3.05) is 0 Å². The van der Waals surface area contributed by atoms with Crippen molar-refractivity contribution in [2.24, 2.45) is 0 Å². The number of pyridine rings is 1. The van der Waals surface area contributed by atoms with E-state index >= 15 is 0 Å². The van der Waals surface area contributed by atoms with Crippen molar-refractivity contribution in [3.8, 4) is 97.4 Å². The van der Waals surface area contributed by atoms with Gasteiger partial charge in [0, 0.05) is 32.9 Å². The van der Waals surface area contributed by atoms with Crippen LogP contribution >= 0.6 is 0 Å². The number of hydrogen-bond donors (Lipinski definition) is 0. The van der Waals surface area contributed by atoms with E-state index in [1.54, 1.807) is 0 Å². The van der Waals surface area contributed by atoms with Gasteiger partial charge < -0.3 is 9.13 Å². The standard InChI is InChI=1S/C66H38N8/c1-40-27-50(28-41(2)72-40)51-33-65(73-61-29-42(52-15-7-3-11-46(52)35-67)19-23-56(61)57-24-20-43(30-62(57)73)53-16-8-4-12-47(53)36-68)60(39-71)66(34-51)74-63-31-44(54-17-9-5-13-48(54)37-69)21-25-58(63)59-26-22-45(32-64(59)74)55-18-10-6-14-49(55)38-70/h3-34H,1-2H3. The Labute approximate surface area is 426 Å². The van der Waals surface area contributed by atoms with Crippen molar-refractivity contribution in [1.82, 2.24) is 14.1 Å². The quantitative estimate of drug-likeness (QED) is 0.156. The number of rotatable bonds is 7. The summed E-state index contributed by atoms with van der Waals surface area (Å²) in [6.45, 7) is 3.95. The van der Waals surface area contributed by atoms with E-state index in [2.05, 4.69) is 112 Å². The lowest BCUT2D eigenvalue weighted by Crippen LogP contribution is -2.06. The average molecular weight is 943 g/mol. The summed E-state index contributed by atoms with van der Waals surface area (Å²) in [5, 5.41) is 57.0. The molecule has 8 nitrogen and oxygen atoms in total. The number of benzene rings is 9. The average Bonchev–Trinajstić information content (AvgIpc) is 3.96. The Morgan fingerprint density at radius 3 is 0.878 bits per heavy atom. The Morgan fingerprint density at radius 2 is 0.595 bits per heavy atom. The van der Waals surface area contributed by atoms with Crippen LogP contribution in [-0.2, 0) is 0 Å². The highest BCUT2D eigenvalue weighted by Gasteiger charge is 2.25. The zero-order chi connectivity index (χ0) is 50.6. The SMILES string of the molecule is Cc1cc(-c2cc(-n3c4cc(-c5ccccc5C#N)ccc4c4ccc(-c5ccccc5C#N)cc43)c(C#N)c(-n3c4cc(-c5ccccc5C#N)ccc4c4ccc(-c5ccccc5C#N)cc43)c2)cc(C)n1. The first-order valence-electron chi connectivity index (χ1n) is 24.0. The maximum absolute atomic E-state index is 12.0. The first-order valence-corrected chi connectivity index (χ1v) is 24.0. The fraction of sp³-hybridized carbons (Fsp3) is 0.0303. The molecule has 3 aromatic heterocycles. The molecule has 0 amide bonds. The molecule has 0 saturated heterocycles. The molecule has 9 aromatic carbocycles. The van der Waals surface area contributed by atoms with E-state index in [-0.39, 0.29) is 0 Å². The molecule has 74 heavy (non-hydrogen) atoms. The Morgan fingerprint density at radius 1 is 0.311 bits per heavy atom. The molecule has 0 unspecified atom stereocenters. The van der Waals surface area contributed by atoms with Gasteiger partial charge in [-0.15, -0.1) is 0 Å². The zero-order valence-corrected chi connectivity index (χ0v) is 40.1. The van der Waals surface area contributed by atoms with Crippen LogP contribution in [0.2, 0.25) is 0 Å². The second-order valence-corrected chi connectivity index (χ2v) is 18.4. The maximum Gasteiger partial charge on any atom is 0.104 e. The van der Waals surface area contributed by atoms with Gasteiger partial charge in [-0.1, -0.05) is 121 Å². The van der Waals surface area contributed by atoms with Gasteiger partial charge in [-0.2, -0.15) is 26.3 Å². The molecule has 0 aliphatic heterocycles. The summed E-state index contributed by atoms with van der Waals surface area (Å²) in [7, 11) is 0. The highest BCUT2D eigenvalue weighted by Crippen LogP contribution is 2.44. The first-order chi connectivity index (χ1) is 36.3. The molecule has 0 fully saturated rings. The number of fused-ring (bicyclic) bond motifs is 6. The van der Waals surface area contributed by atoms with Crippen LogP contribution in [0.5, 0.6) is 0 Å². The van der Waals surface area contributed by atoms with Crippen molar-refractivity contribution in [1.29, 1.82) is 26.3 Å². The summed E-state index contributed by atoms with van der Waals surface area (Å²) in [4.78, 5) is 4.76. The molecule has 0 saturated carbocycles. The van der Waals surface area contributed by atoms with E-state index < -0.39 is 0 Å². The number of aryl methyl sites for hydroxylation is 2. The summed E-state index contributed by atoms with van der Waals surface area (Å²) in [5.74, 6) is 0. The lowest BCUT2D eigenvalue weighted by molar-refractivity contribution is 1.11. The normalized spacial score (nSPS) is 11.0. The minimum atomic E-state index is 0.380. The van der Waals surface area contributed by atoms with E-state index in [0.717, 1.165) is 111 Å². The van der Waals surface area contributed by atoms with Gasteiger partial charge in [-0.25, -0.2) is 0 Å². The minimum absolute atomic E-state index is 0.380. The van der Waals surface area contributed by atoms with Crippen LogP contribution in [0.1, 0.15) is 39.2 Å². The molecule has 8 heteroatoms. The van der Waals surface area contributed by atoms with Crippen molar-refractivity contribution in [3.05, 3.63) is 233 Å². The number of aromatic nitrogens is 3. The summed E-state index contributed by atoms with van der Waals surface area (Å²) >= 11 is 0. The van der Waals surface area contributed by atoms with E-state index in [1.165, 1.54) is 0 Å². The molecule has 342 valence electrons. The molecule has 0 aliphatic carbocycles. The first kappa shape index (κ1) is 44.4. The van der Waals surface area contributed by atoms with Crippen LogP contribution in [0.3, 0.4) is 0 Å². The lowest BCUT2D eigenvalue weighted by Gasteiger charge is -2.19. The van der Waals surface area contributed by atoms with Crippen LogP contribution in [-0.4, -0.2) is 14.1 Å². The molecule has 0 aliphatic rings. The zero-order valence-electron chi connectivity index (χ0n) is 40.1. The highest BCUT2D eigenvalue weighted by molar-refractivity contribution is 6.13. The van der Waals surface area contributed by atoms with Crippen LogP contribution in [0.4, 0.5) is 0 Å². The Balaban J connectivity index is 1.26. The van der Waals surface area contributed by atoms with Gasteiger partial charge in [0.15, 0.2) is 0 Å². The predicted octanol–water partition coefficient (Wildman–Crippen LogP) is 15.6. The second-order valence-electron chi connectivity index (χ2n) is 18.4. The van der Waals surface area contributed by atoms with Gasteiger partial charge in [-0.3, -0.25) is 4.98 Å². The number of hydrogen-bond acceptors (Lipinski definition) is 6. The fourth-order valence-electron chi connectivity index (χ4n) is 10.8. The van der Waals surface area contributed by atoms with Gasteiger partial charge in [0.05, 0.1) is 80.0 Å². The third-order valence-corrected chi connectivity index (χ3v) is 14.1. The molecular weight excluding hydrogens is 905 g/mol. The molecule has 0 radical (unpaired) electrons. The topological polar surface area (TPSA) is 142 Å². The molecule has 12 rings (SSSR count). The third-order valence-electron chi connectivity index (χ3n) is 14.1. The summed E-state index contributed by atoms with van der Waals surface area (Å²) in [5.41, 5.74) is 16.9. The van der Waals surface area contributed by atoms with Gasteiger partial charge >= 0.3 is 0 Å². The summed E-state index contributed by atoms with van der Waals surface area (Å²) in [6.07, 6.45) is 0. The van der Waals surface area contributed by atoms with Crippen molar-refractivity contribution < 1.29 is 0 Å². The van der Waals surface area contributed by atoms with Gasteiger partial charge in [-0.05, 0) is 142 Å². The van der Waals surface area contributed by atoms with Crippen LogP contribution in [0, 0.1) is 70.5 Å². The fourth-order valence-corrected chi connectivity index (χ4v) is 10.8. The van der Waals surface area contributed by atoms with E-state index in [1.807, 2.05) is 135 Å². The molecule has 12 aromatic rings.